The zero-order chi connectivity index (χ0) is 29.9. The molecule has 216 valence electrons. The Labute approximate surface area is 240 Å². The van der Waals surface area contributed by atoms with E-state index in [1.54, 1.807) is 61.5 Å². The fourth-order valence-electron chi connectivity index (χ4n) is 4.98. The maximum absolute atomic E-state index is 13.7. The van der Waals surface area contributed by atoms with Crippen molar-refractivity contribution in [3.63, 3.8) is 0 Å². The number of rotatable bonds is 9. The monoisotopic (exact) mass is 559 g/mol. The molecule has 0 aromatic heterocycles. The number of carbonyl (C=O) groups excluding carboxylic acids is 2. The van der Waals surface area contributed by atoms with Crippen molar-refractivity contribution in [2.75, 3.05) is 24.7 Å². The van der Waals surface area contributed by atoms with E-state index in [1.165, 1.54) is 11.0 Å². The van der Waals surface area contributed by atoms with Crippen LogP contribution in [-0.2, 0) is 15.0 Å². The van der Waals surface area contributed by atoms with Crippen molar-refractivity contribution in [2.45, 2.75) is 53.0 Å². The Kier molecular flexibility index (Phi) is 8.61. The first kappa shape index (κ1) is 29.5. The van der Waals surface area contributed by atoms with Crippen LogP contribution >= 0.6 is 0 Å². The molecule has 0 spiro atoms. The van der Waals surface area contributed by atoms with Gasteiger partial charge in [-0.15, -0.1) is 0 Å². The highest BCUT2D eigenvalue weighted by Gasteiger charge is 2.47. The molecule has 1 unspecified atom stereocenters. The molecule has 3 aromatic rings. The van der Waals surface area contributed by atoms with E-state index in [2.05, 4.69) is 0 Å². The number of ketones is 1. The molecule has 0 saturated carbocycles. The zero-order valence-corrected chi connectivity index (χ0v) is 24.4. The molecule has 1 atom stereocenters. The molecule has 2 N–H and O–H groups in total. The number of nitrogens with zero attached hydrogens (tertiary/aromatic N) is 1. The molecule has 1 heterocycles. The molecule has 4 rings (SSSR count). The van der Waals surface area contributed by atoms with Crippen LogP contribution < -0.4 is 19.1 Å². The number of Topliss-reactive ketones (excluding diaryl/α,β-unsaturated/α-hetero) is 1. The SMILES string of the molecule is CCOc1cccc(N2C(=O)C(=O)/C(=C(/O)c3ccc(OCC)c(C(C)(C)C)c3)C2c2ccc(O)c(OCC)c2)c1. The van der Waals surface area contributed by atoms with E-state index in [4.69, 9.17) is 14.2 Å². The summed E-state index contributed by atoms with van der Waals surface area (Å²) in [7, 11) is 0. The lowest BCUT2D eigenvalue weighted by atomic mass is 9.84. The summed E-state index contributed by atoms with van der Waals surface area (Å²) < 4.78 is 17.1. The molecule has 8 heteroatoms. The van der Waals surface area contributed by atoms with Crippen molar-refractivity contribution < 1.29 is 34.0 Å². The average Bonchev–Trinajstić information content (AvgIpc) is 3.20. The largest absolute Gasteiger partial charge is 0.507 e. The molecule has 1 saturated heterocycles. The standard InChI is InChI=1S/C33H37NO7/c1-7-39-23-12-10-11-22(19-23)34-29(20-13-15-25(35)27(18-20)41-9-3)28(31(37)32(34)38)30(36)21-14-16-26(40-8-2)24(17-21)33(4,5)6/h10-19,29,35-36H,7-9H2,1-6H3/b30-28+. The van der Waals surface area contributed by atoms with E-state index in [1.807, 2.05) is 34.6 Å². The van der Waals surface area contributed by atoms with Crippen LogP contribution in [0.15, 0.2) is 66.2 Å². The minimum Gasteiger partial charge on any atom is -0.507 e. The molecular formula is C33H37NO7. The van der Waals surface area contributed by atoms with Crippen LogP contribution in [0.2, 0.25) is 0 Å². The number of aliphatic hydroxyl groups is 1. The van der Waals surface area contributed by atoms with Gasteiger partial charge >= 0.3 is 0 Å². The van der Waals surface area contributed by atoms with Crippen LogP contribution in [0.25, 0.3) is 5.76 Å². The van der Waals surface area contributed by atoms with E-state index < -0.39 is 17.7 Å². The molecule has 0 bridgehead atoms. The molecule has 0 aliphatic carbocycles. The third-order valence-corrected chi connectivity index (χ3v) is 6.81. The van der Waals surface area contributed by atoms with Gasteiger partial charge in [0.25, 0.3) is 11.7 Å². The number of phenolic OH excluding ortho intramolecular Hbond substituents is 1. The summed E-state index contributed by atoms with van der Waals surface area (Å²) in [5, 5.41) is 22.1. The molecule has 1 aliphatic rings. The van der Waals surface area contributed by atoms with Gasteiger partial charge in [-0.2, -0.15) is 0 Å². The predicted octanol–water partition coefficient (Wildman–Crippen LogP) is 6.51. The average molecular weight is 560 g/mol. The van der Waals surface area contributed by atoms with Gasteiger partial charge in [0.2, 0.25) is 0 Å². The molecule has 41 heavy (non-hydrogen) atoms. The van der Waals surface area contributed by atoms with E-state index in [9.17, 15) is 19.8 Å². The van der Waals surface area contributed by atoms with Gasteiger partial charge in [0.05, 0.1) is 31.4 Å². The van der Waals surface area contributed by atoms with Gasteiger partial charge in [0.15, 0.2) is 11.5 Å². The first-order valence-corrected chi connectivity index (χ1v) is 13.8. The lowest BCUT2D eigenvalue weighted by Crippen LogP contribution is -2.29. The van der Waals surface area contributed by atoms with Gasteiger partial charge < -0.3 is 24.4 Å². The molecule has 3 aromatic carbocycles. The Morgan fingerprint density at radius 2 is 1.54 bits per heavy atom. The molecule has 8 nitrogen and oxygen atoms in total. The van der Waals surface area contributed by atoms with Gasteiger partial charge in [-0.1, -0.05) is 32.9 Å². The lowest BCUT2D eigenvalue weighted by molar-refractivity contribution is -0.132. The number of benzene rings is 3. The summed E-state index contributed by atoms with van der Waals surface area (Å²) in [6.07, 6.45) is 0. The highest BCUT2D eigenvalue weighted by molar-refractivity contribution is 6.51. The number of carbonyl (C=O) groups is 2. The molecule has 1 fully saturated rings. The van der Waals surface area contributed by atoms with Gasteiger partial charge in [0.1, 0.15) is 17.3 Å². The van der Waals surface area contributed by atoms with Gasteiger partial charge in [0, 0.05) is 22.9 Å². The minimum absolute atomic E-state index is 0.0750. The van der Waals surface area contributed by atoms with Crippen LogP contribution in [-0.4, -0.2) is 41.7 Å². The van der Waals surface area contributed by atoms with Crippen molar-refractivity contribution >= 4 is 23.1 Å². The molecule has 1 aliphatic heterocycles. The van der Waals surface area contributed by atoms with Crippen LogP contribution in [0, 0.1) is 0 Å². The van der Waals surface area contributed by atoms with Gasteiger partial charge in [-0.25, -0.2) is 0 Å². The first-order valence-electron chi connectivity index (χ1n) is 13.8. The first-order chi connectivity index (χ1) is 19.5. The van der Waals surface area contributed by atoms with Crippen molar-refractivity contribution in [3.8, 4) is 23.0 Å². The van der Waals surface area contributed by atoms with Crippen molar-refractivity contribution in [1.29, 1.82) is 0 Å². The van der Waals surface area contributed by atoms with E-state index in [0.29, 0.717) is 48.1 Å². The van der Waals surface area contributed by atoms with Gasteiger partial charge in [-0.3, -0.25) is 14.5 Å². The van der Waals surface area contributed by atoms with E-state index in [0.717, 1.165) is 5.56 Å². The number of phenols is 1. The summed E-state index contributed by atoms with van der Waals surface area (Å²) in [6.45, 7) is 12.8. The number of aromatic hydroxyl groups is 1. The number of ether oxygens (including phenoxy) is 3. The molecular weight excluding hydrogens is 522 g/mol. The third kappa shape index (κ3) is 5.87. The van der Waals surface area contributed by atoms with E-state index >= 15 is 0 Å². The smallest absolute Gasteiger partial charge is 0.300 e. The second-order valence-corrected chi connectivity index (χ2v) is 10.7. The number of aliphatic hydroxyl groups excluding tert-OH is 1. The Morgan fingerprint density at radius 3 is 2.20 bits per heavy atom. The maximum Gasteiger partial charge on any atom is 0.300 e. The maximum atomic E-state index is 13.7. The fourth-order valence-corrected chi connectivity index (χ4v) is 4.98. The summed E-state index contributed by atoms with van der Waals surface area (Å²) in [6, 6.07) is 15.8. The third-order valence-electron chi connectivity index (χ3n) is 6.81. The highest BCUT2D eigenvalue weighted by atomic mass is 16.5. The topological polar surface area (TPSA) is 106 Å². The van der Waals surface area contributed by atoms with Crippen LogP contribution in [0.1, 0.15) is 64.3 Å². The van der Waals surface area contributed by atoms with Crippen molar-refractivity contribution in [1.82, 2.24) is 0 Å². The summed E-state index contributed by atoms with van der Waals surface area (Å²) >= 11 is 0. The number of amides is 1. The van der Waals surface area contributed by atoms with Crippen molar-refractivity contribution in [3.05, 3.63) is 82.9 Å². The van der Waals surface area contributed by atoms with Crippen LogP contribution in [0.5, 0.6) is 23.0 Å². The molecule has 1 amide bonds. The summed E-state index contributed by atoms with van der Waals surface area (Å²) in [4.78, 5) is 28.7. The Morgan fingerprint density at radius 1 is 0.854 bits per heavy atom. The van der Waals surface area contributed by atoms with Crippen LogP contribution in [0.4, 0.5) is 5.69 Å². The quantitative estimate of drug-likeness (QED) is 0.175. The van der Waals surface area contributed by atoms with Gasteiger partial charge in [-0.05, 0) is 74.2 Å². The Hall–Kier alpha value is -4.46. The van der Waals surface area contributed by atoms with Crippen molar-refractivity contribution in [2.24, 2.45) is 0 Å². The minimum atomic E-state index is -1.00. The number of hydrogen-bond acceptors (Lipinski definition) is 7. The second-order valence-electron chi connectivity index (χ2n) is 10.7. The zero-order valence-electron chi connectivity index (χ0n) is 24.4. The Balaban J connectivity index is 1.97. The summed E-state index contributed by atoms with van der Waals surface area (Å²) in [5.41, 5.74) is 1.74. The highest BCUT2D eigenvalue weighted by Crippen LogP contribution is 2.45. The van der Waals surface area contributed by atoms with E-state index in [-0.39, 0.29) is 28.2 Å². The normalized spacial score (nSPS) is 16.6. The number of hydrogen-bond donors (Lipinski definition) is 2. The molecule has 0 radical (unpaired) electrons. The lowest BCUT2D eigenvalue weighted by Gasteiger charge is -2.27. The second kappa shape index (κ2) is 12.0. The predicted molar refractivity (Wildman–Crippen MR) is 158 cm³/mol. The van der Waals surface area contributed by atoms with Crippen LogP contribution in [0.3, 0.4) is 0 Å². The summed E-state index contributed by atoms with van der Waals surface area (Å²) in [5.74, 6) is -0.586. The number of anilines is 1. The fraction of sp³-hybridized carbons (Fsp3) is 0.333. The Bertz CT molecular complexity index is 1490.